The summed E-state index contributed by atoms with van der Waals surface area (Å²) in [6, 6.07) is 0. The van der Waals surface area contributed by atoms with Gasteiger partial charge in [-0.2, -0.15) is 0 Å². The van der Waals surface area contributed by atoms with E-state index in [2.05, 4.69) is 0 Å². The Morgan fingerprint density at radius 1 is 1.64 bits per heavy atom. The van der Waals surface area contributed by atoms with Crippen molar-refractivity contribution in [2.75, 3.05) is 7.05 Å². The van der Waals surface area contributed by atoms with Crippen LogP contribution in [-0.4, -0.2) is 24.2 Å². The van der Waals surface area contributed by atoms with Crippen LogP contribution in [0.1, 0.15) is 33.1 Å². The van der Waals surface area contributed by atoms with Crippen LogP contribution in [0.4, 0.5) is 4.39 Å². The van der Waals surface area contributed by atoms with Gasteiger partial charge in [0.1, 0.15) is 0 Å². The summed E-state index contributed by atoms with van der Waals surface area (Å²) in [5.74, 6) is -0.109. The van der Waals surface area contributed by atoms with Crippen molar-refractivity contribution in [2.24, 2.45) is 0 Å². The van der Waals surface area contributed by atoms with Gasteiger partial charge in [-0.15, -0.1) is 0 Å². The van der Waals surface area contributed by atoms with Crippen LogP contribution in [0.25, 0.3) is 0 Å². The maximum atomic E-state index is 12.5. The van der Waals surface area contributed by atoms with Crippen molar-refractivity contribution in [3.05, 3.63) is 0 Å². The van der Waals surface area contributed by atoms with Crippen molar-refractivity contribution in [1.29, 1.82) is 0 Å². The highest BCUT2D eigenvalue weighted by Crippen LogP contribution is 2.03. The third-order valence-electron chi connectivity index (χ3n) is 1.67. The Morgan fingerprint density at radius 3 is 2.55 bits per heavy atom. The quantitative estimate of drug-likeness (QED) is 0.577. The first-order valence-electron chi connectivity index (χ1n) is 3.99. The number of carbonyl (C=O) groups excluding carboxylic acids is 1. The molecule has 3 heteroatoms. The number of halogens is 1. The van der Waals surface area contributed by atoms with Crippen LogP contribution in [0, 0.1) is 0 Å². The predicted molar refractivity (Wildman–Crippen MR) is 42.9 cm³/mol. The number of unbranched alkanes of at least 4 members (excludes halogenated alkanes) is 1. The predicted octanol–water partition coefficient (Wildman–Crippen LogP) is 1.95. The average Bonchev–Trinajstić information content (AvgIpc) is 1.98. The minimum Gasteiger partial charge on any atom is -0.316 e. The molecular formula is C8H16FNO. The number of hydrogen-bond donors (Lipinski definition) is 0. The summed E-state index contributed by atoms with van der Waals surface area (Å²) in [5, 5.41) is 0. The molecule has 0 saturated carbocycles. The molecule has 66 valence electrons. The molecule has 1 amide bonds. The highest BCUT2D eigenvalue weighted by Gasteiger charge is 2.12. The van der Waals surface area contributed by atoms with Gasteiger partial charge in [0.05, 0.1) is 0 Å². The van der Waals surface area contributed by atoms with Crippen LogP contribution < -0.4 is 0 Å². The molecule has 0 saturated heterocycles. The van der Waals surface area contributed by atoms with Crippen LogP contribution in [-0.2, 0) is 4.79 Å². The molecule has 0 aliphatic rings. The zero-order valence-corrected chi connectivity index (χ0v) is 7.43. The van der Waals surface area contributed by atoms with Gasteiger partial charge in [0.25, 0.3) is 0 Å². The summed E-state index contributed by atoms with van der Waals surface area (Å²) in [7, 11) is 1.49. The summed E-state index contributed by atoms with van der Waals surface area (Å²) >= 11 is 0. The van der Waals surface area contributed by atoms with E-state index in [1.807, 2.05) is 6.92 Å². The fraction of sp³-hybridized carbons (Fsp3) is 0.875. The first kappa shape index (κ1) is 10.4. The van der Waals surface area contributed by atoms with Crippen molar-refractivity contribution in [2.45, 2.75) is 39.4 Å². The van der Waals surface area contributed by atoms with E-state index < -0.39 is 6.30 Å². The molecule has 0 rings (SSSR count). The van der Waals surface area contributed by atoms with E-state index >= 15 is 0 Å². The van der Waals surface area contributed by atoms with E-state index in [-0.39, 0.29) is 5.91 Å². The summed E-state index contributed by atoms with van der Waals surface area (Å²) in [4.78, 5) is 12.2. The molecule has 1 unspecified atom stereocenters. The zero-order valence-electron chi connectivity index (χ0n) is 7.43. The lowest BCUT2D eigenvalue weighted by atomic mass is 10.2. The standard InChI is InChI=1S/C8H16FNO/c1-4-5-6-8(11)10(3)7(2)9/h7H,4-6H2,1-3H3. The van der Waals surface area contributed by atoms with Crippen LogP contribution in [0.5, 0.6) is 0 Å². The molecular weight excluding hydrogens is 145 g/mol. The molecule has 1 atom stereocenters. The molecule has 0 radical (unpaired) electrons. The Bertz CT molecular complexity index is 125. The van der Waals surface area contributed by atoms with E-state index in [0.717, 1.165) is 17.7 Å². The topological polar surface area (TPSA) is 20.3 Å². The van der Waals surface area contributed by atoms with Gasteiger partial charge in [0, 0.05) is 13.5 Å². The van der Waals surface area contributed by atoms with Gasteiger partial charge < -0.3 is 4.90 Å². The number of rotatable bonds is 4. The van der Waals surface area contributed by atoms with E-state index in [0.29, 0.717) is 6.42 Å². The first-order chi connectivity index (χ1) is 5.09. The molecule has 0 spiro atoms. The van der Waals surface area contributed by atoms with Gasteiger partial charge in [-0.1, -0.05) is 13.3 Å². The van der Waals surface area contributed by atoms with Gasteiger partial charge in [0.2, 0.25) is 5.91 Å². The van der Waals surface area contributed by atoms with Crippen molar-refractivity contribution in [3.8, 4) is 0 Å². The smallest absolute Gasteiger partial charge is 0.224 e. The van der Waals surface area contributed by atoms with E-state index in [1.165, 1.54) is 14.0 Å². The van der Waals surface area contributed by atoms with E-state index in [4.69, 9.17) is 0 Å². The van der Waals surface area contributed by atoms with Gasteiger partial charge in [-0.25, -0.2) is 4.39 Å². The molecule has 0 heterocycles. The average molecular weight is 161 g/mol. The van der Waals surface area contributed by atoms with Crippen molar-refractivity contribution < 1.29 is 9.18 Å². The Morgan fingerprint density at radius 2 is 2.18 bits per heavy atom. The highest BCUT2D eigenvalue weighted by molar-refractivity contribution is 5.75. The van der Waals surface area contributed by atoms with Crippen LogP contribution in [0.3, 0.4) is 0 Å². The number of nitrogens with zero attached hydrogens (tertiary/aromatic N) is 1. The number of carbonyl (C=O) groups is 1. The normalized spacial score (nSPS) is 12.7. The van der Waals surface area contributed by atoms with Crippen LogP contribution in [0.2, 0.25) is 0 Å². The largest absolute Gasteiger partial charge is 0.316 e. The molecule has 11 heavy (non-hydrogen) atoms. The van der Waals surface area contributed by atoms with Crippen molar-refractivity contribution in [1.82, 2.24) is 4.90 Å². The minimum absolute atomic E-state index is 0.109. The molecule has 0 aromatic heterocycles. The lowest BCUT2D eigenvalue weighted by Gasteiger charge is -2.17. The lowest BCUT2D eigenvalue weighted by molar-refractivity contribution is -0.134. The first-order valence-corrected chi connectivity index (χ1v) is 3.99. The minimum atomic E-state index is -1.17. The third kappa shape index (κ3) is 3.96. The summed E-state index contributed by atoms with van der Waals surface area (Å²) < 4.78 is 12.5. The van der Waals surface area contributed by atoms with E-state index in [9.17, 15) is 9.18 Å². The van der Waals surface area contributed by atoms with Gasteiger partial charge in [-0.05, 0) is 13.3 Å². The summed E-state index contributed by atoms with van der Waals surface area (Å²) in [5.41, 5.74) is 0. The summed E-state index contributed by atoms with van der Waals surface area (Å²) in [6.45, 7) is 3.37. The maximum absolute atomic E-state index is 12.5. The molecule has 0 aromatic rings. The second-order valence-corrected chi connectivity index (χ2v) is 2.68. The van der Waals surface area contributed by atoms with Gasteiger partial charge >= 0.3 is 0 Å². The second-order valence-electron chi connectivity index (χ2n) is 2.68. The molecule has 0 aromatic carbocycles. The molecule has 2 nitrogen and oxygen atoms in total. The third-order valence-corrected chi connectivity index (χ3v) is 1.67. The monoisotopic (exact) mass is 161 g/mol. The van der Waals surface area contributed by atoms with Crippen LogP contribution >= 0.6 is 0 Å². The highest BCUT2D eigenvalue weighted by atomic mass is 19.1. The fourth-order valence-corrected chi connectivity index (χ4v) is 0.703. The molecule has 0 aliphatic heterocycles. The van der Waals surface area contributed by atoms with Gasteiger partial charge in [0.15, 0.2) is 6.30 Å². The zero-order chi connectivity index (χ0) is 8.85. The number of hydrogen-bond acceptors (Lipinski definition) is 1. The maximum Gasteiger partial charge on any atom is 0.224 e. The number of amides is 1. The fourth-order valence-electron chi connectivity index (χ4n) is 0.703. The molecule has 0 bridgehead atoms. The molecule has 0 fully saturated rings. The second kappa shape index (κ2) is 5.10. The number of alkyl halides is 1. The van der Waals surface area contributed by atoms with Crippen LogP contribution in [0.15, 0.2) is 0 Å². The SMILES string of the molecule is CCCCC(=O)N(C)C(C)F. The molecule has 0 aliphatic carbocycles. The Kier molecular flexibility index (Phi) is 4.83. The Balaban J connectivity index is 3.64. The Hall–Kier alpha value is -0.600. The van der Waals surface area contributed by atoms with E-state index in [1.54, 1.807) is 0 Å². The molecule has 0 N–H and O–H groups in total. The summed E-state index contributed by atoms with van der Waals surface area (Å²) in [6.07, 6.45) is 1.11. The Labute approximate surface area is 67.4 Å². The van der Waals surface area contributed by atoms with Gasteiger partial charge in [-0.3, -0.25) is 4.79 Å². The van der Waals surface area contributed by atoms with Crippen molar-refractivity contribution in [3.63, 3.8) is 0 Å². The van der Waals surface area contributed by atoms with Crippen molar-refractivity contribution >= 4 is 5.91 Å². The lowest BCUT2D eigenvalue weighted by Crippen LogP contribution is -2.31.